The summed E-state index contributed by atoms with van der Waals surface area (Å²) in [5.74, 6) is 0.461. The summed E-state index contributed by atoms with van der Waals surface area (Å²) in [6.07, 6.45) is 0. The Hall–Kier alpha value is -3.32. The highest BCUT2D eigenvalue weighted by molar-refractivity contribution is 7.92. The van der Waals surface area contributed by atoms with Gasteiger partial charge < -0.3 is 10.1 Å². The molecule has 3 aromatic rings. The number of anilines is 1. The van der Waals surface area contributed by atoms with Gasteiger partial charge in [0.05, 0.1) is 23.7 Å². The molecule has 0 saturated heterocycles. The molecule has 0 heterocycles. The topological polar surface area (TPSA) is 84.5 Å². The normalized spacial score (nSPS) is 12.1. The van der Waals surface area contributed by atoms with E-state index in [0.29, 0.717) is 16.8 Å². The number of rotatable bonds is 7. The Kier molecular flexibility index (Phi) is 6.42. The van der Waals surface area contributed by atoms with Crippen LogP contribution in [-0.4, -0.2) is 21.4 Å². The molecule has 2 N–H and O–H groups in total. The summed E-state index contributed by atoms with van der Waals surface area (Å²) in [6.45, 7) is 3.60. The molecular weight excluding hydrogens is 400 g/mol. The van der Waals surface area contributed by atoms with Gasteiger partial charge in [0.1, 0.15) is 5.75 Å². The number of amides is 1. The first-order valence-corrected chi connectivity index (χ1v) is 10.9. The van der Waals surface area contributed by atoms with Gasteiger partial charge in [0.2, 0.25) is 0 Å². The first kappa shape index (κ1) is 21.4. The molecule has 3 rings (SSSR count). The average Bonchev–Trinajstić information content (AvgIpc) is 2.75. The van der Waals surface area contributed by atoms with Gasteiger partial charge in [0.15, 0.2) is 0 Å². The lowest BCUT2D eigenvalue weighted by atomic mass is 10.0. The van der Waals surface area contributed by atoms with Gasteiger partial charge in [-0.15, -0.1) is 0 Å². The zero-order valence-electron chi connectivity index (χ0n) is 17.0. The number of benzene rings is 3. The van der Waals surface area contributed by atoms with Crippen LogP contribution in [0.15, 0.2) is 77.7 Å². The maximum Gasteiger partial charge on any atom is 0.261 e. The van der Waals surface area contributed by atoms with Crippen molar-refractivity contribution in [2.24, 2.45) is 0 Å². The minimum atomic E-state index is -3.74. The van der Waals surface area contributed by atoms with E-state index < -0.39 is 10.0 Å². The summed E-state index contributed by atoms with van der Waals surface area (Å²) in [7, 11) is -2.15. The van der Waals surface area contributed by atoms with E-state index in [2.05, 4.69) is 10.0 Å². The number of carbonyl (C=O) groups is 1. The standard InChI is InChI=1S/C23H24N2O4S/c1-16-21(23(26)24-17(2)18-12-14-19(29-3)15-13-18)10-7-11-22(16)25-30(27,28)20-8-5-4-6-9-20/h4-15,17,25H,1-3H3,(H,24,26)/t17-/m0/s1. The predicted octanol–water partition coefficient (Wildman–Crippen LogP) is 4.30. The number of nitrogens with one attached hydrogen (secondary N) is 2. The monoisotopic (exact) mass is 424 g/mol. The third-order valence-corrected chi connectivity index (χ3v) is 6.22. The molecule has 0 unspecified atom stereocenters. The van der Waals surface area contributed by atoms with Crippen LogP contribution >= 0.6 is 0 Å². The number of ether oxygens (including phenoxy) is 1. The van der Waals surface area contributed by atoms with Crippen molar-refractivity contribution < 1.29 is 17.9 Å². The predicted molar refractivity (Wildman–Crippen MR) is 117 cm³/mol. The molecule has 1 atom stereocenters. The molecule has 0 aliphatic rings. The van der Waals surface area contributed by atoms with Gasteiger partial charge in [0.25, 0.3) is 15.9 Å². The first-order chi connectivity index (χ1) is 14.3. The van der Waals surface area contributed by atoms with Crippen molar-refractivity contribution in [2.45, 2.75) is 24.8 Å². The summed E-state index contributed by atoms with van der Waals surface area (Å²) in [5, 5.41) is 2.96. The molecule has 0 radical (unpaired) electrons. The zero-order valence-corrected chi connectivity index (χ0v) is 17.9. The average molecular weight is 425 g/mol. The van der Waals surface area contributed by atoms with Crippen LogP contribution < -0.4 is 14.8 Å². The fourth-order valence-electron chi connectivity index (χ4n) is 3.05. The van der Waals surface area contributed by atoms with Gasteiger partial charge in [-0.2, -0.15) is 0 Å². The van der Waals surface area contributed by atoms with Crippen LogP contribution in [-0.2, 0) is 10.0 Å². The quantitative estimate of drug-likeness (QED) is 0.592. The Morgan fingerprint density at radius 3 is 2.23 bits per heavy atom. The van der Waals surface area contributed by atoms with Gasteiger partial charge in [0, 0.05) is 5.56 Å². The van der Waals surface area contributed by atoms with Crippen molar-refractivity contribution in [2.75, 3.05) is 11.8 Å². The summed E-state index contributed by atoms with van der Waals surface area (Å²) >= 11 is 0. The summed E-state index contributed by atoms with van der Waals surface area (Å²) in [5.41, 5.74) is 2.26. The molecule has 0 aliphatic carbocycles. The molecule has 6 nitrogen and oxygen atoms in total. The fourth-order valence-corrected chi connectivity index (χ4v) is 4.19. The number of sulfonamides is 1. The summed E-state index contributed by atoms with van der Waals surface area (Å²) in [4.78, 5) is 13.0. The minimum absolute atomic E-state index is 0.160. The molecule has 0 saturated carbocycles. The Morgan fingerprint density at radius 1 is 0.933 bits per heavy atom. The van der Waals surface area contributed by atoms with Crippen LogP contribution in [0.2, 0.25) is 0 Å². The lowest BCUT2D eigenvalue weighted by molar-refractivity contribution is 0.0939. The highest BCUT2D eigenvalue weighted by Crippen LogP contribution is 2.24. The van der Waals surface area contributed by atoms with E-state index in [1.165, 1.54) is 12.1 Å². The van der Waals surface area contributed by atoms with Crippen molar-refractivity contribution in [1.29, 1.82) is 0 Å². The van der Waals surface area contributed by atoms with Crippen molar-refractivity contribution >= 4 is 21.6 Å². The third kappa shape index (κ3) is 4.80. The molecule has 0 fully saturated rings. The fraction of sp³-hybridized carbons (Fsp3) is 0.174. The molecule has 0 aliphatic heterocycles. The molecular formula is C23H24N2O4S. The third-order valence-electron chi connectivity index (χ3n) is 4.84. The van der Waals surface area contributed by atoms with Gasteiger partial charge in [-0.05, 0) is 61.4 Å². The smallest absolute Gasteiger partial charge is 0.261 e. The Bertz CT molecular complexity index is 1130. The second kappa shape index (κ2) is 9.00. The van der Waals surface area contributed by atoms with Crippen LogP contribution in [0.1, 0.15) is 34.5 Å². The van der Waals surface area contributed by atoms with Crippen LogP contribution in [0.25, 0.3) is 0 Å². The molecule has 0 bridgehead atoms. The second-order valence-electron chi connectivity index (χ2n) is 6.86. The van der Waals surface area contributed by atoms with E-state index in [1.54, 1.807) is 50.4 Å². The second-order valence-corrected chi connectivity index (χ2v) is 8.55. The molecule has 0 aromatic heterocycles. The van der Waals surface area contributed by atoms with Crippen LogP contribution in [0.5, 0.6) is 5.75 Å². The first-order valence-electron chi connectivity index (χ1n) is 9.44. The van der Waals surface area contributed by atoms with Crippen molar-refractivity contribution in [3.8, 4) is 5.75 Å². The number of hydrogen-bond acceptors (Lipinski definition) is 4. The molecule has 1 amide bonds. The Balaban J connectivity index is 1.79. The van der Waals surface area contributed by atoms with Crippen molar-refractivity contribution in [1.82, 2.24) is 5.32 Å². The molecule has 156 valence electrons. The maximum atomic E-state index is 12.8. The SMILES string of the molecule is COc1ccc([C@H](C)NC(=O)c2cccc(NS(=O)(=O)c3ccccc3)c2C)cc1. The lowest BCUT2D eigenvalue weighted by Crippen LogP contribution is -2.27. The summed E-state index contributed by atoms with van der Waals surface area (Å²) < 4.78 is 33.0. The van der Waals surface area contributed by atoms with Gasteiger partial charge in [-0.1, -0.05) is 36.4 Å². The van der Waals surface area contributed by atoms with Gasteiger partial charge in [-0.25, -0.2) is 8.42 Å². The van der Waals surface area contributed by atoms with Crippen molar-refractivity contribution in [3.63, 3.8) is 0 Å². The Morgan fingerprint density at radius 2 is 1.60 bits per heavy atom. The Labute approximate surface area is 177 Å². The number of methoxy groups -OCH3 is 1. The van der Waals surface area contributed by atoms with Gasteiger partial charge in [-0.3, -0.25) is 9.52 Å². The van der Waals surface area contributed by atoms with E-state index in [0.717, 1.165) is 11.3 Å². The van der Waals surface area contributed by atoms with E-state index in [-0.39, 0.29) is 16.8 Å². The van der Waals surface area contributed by atoms with E-state index in [4.69, 9.17) is 4.74 Å². The molecule has 30 heavy (non-hydrogen) atoms. The highest BCUT2D eigenvalue weighted by Gasteiger charge is 2.19. The van der Waals surface area contributed by atoms with Crippen molar-refractivity contribution in [3.05, 3.63) is 89.5 Å². The largest absolute Gasteiger partial charge is 0.497 e. The van der Waals surface area contributed by atoms with Crippen LogP contribution in [0.4, 0.5) is 5.69 Å². The molecule has 7 heteroatoms. The lowest BCUT2D eigenvalue weighted by Gasteiger charge is -2.17. The van der Waals surface area contributed by atoms with Crippen LogP contribution in [0, 0.1) is 6.92 Å². The minimum Gasteiger partial charge on any atom is -0.497 e. The molecule has 0 spiro atoms. The van der Waals surface area contributed by atoms with E-state index >= 15 is 0 Å². The van der Waals surface area contributed by atoms with E-state index in [1.807, 2.05) is 31.2 Å². The summed E-state index contributed by atoms with van der Waals surface area (Å²) in [6, 6.07) is 20.3. The zero-order chi connectivity index (χ0) is 21.7. The van der Waals surface area contributed by atoms with E-state index in [9.17, 15) is 13.2 Å². The maximum absolute atomic E-state index is 12.8. The van der Waals surface area contributed by atoms with Crippen LogP contribution in [0.3, 0.4) is 0 Å². The number of carbonyl (C=O) groups excluding carboxylic acids is 1. The highest BCUT2D eigenvalue weighted by atomic mass is 32.2. The number of hydrogen-bond donors (Lipinski definition) is 2. The molecule has 3 aromatic carbocycles. The van der Waals surface area contributed by atoms with Gasteiger partial charge >= 0.3 is 0 Å².